The van der Waals surface area contributed by atoms with E-state index in [9.17, 15) is 13.2 Å². The Kier molecular flexibility index (Phi) is 5.77. The van der Waals surface area contributed by atoms with Gasteiger partial charge in [0.25, 0.3) is 0 Å². The maximum atomic E-state index is 12.0. The second-order valence-corrected chi connectivity index (χ2v) is 8.14. The second kappa shape index (κ2) is 7.47. The molecule has 0 saturated heterocycles. The quantitative estimate of drug-likeness (QED) is 0.572. The van der Waals surface area contributed by atoms with Crippen molar-refractivity contribution in [1.29, 1.82) is 0 Å². The fourth-order valence-corrected chi connectivity index (χ4v) is 3.48. The molecule has 0 heterocycles. The molecule has 1 N–H and O–H groups in total. The summed E-state index contributed by atoms with van der Waals surface area (Å²) in [6, 6.07) is 8.84. The smallest absolute Gasteiger partial charge is 0.371 e. The van der Waals surface area contributed by atoms with E-state index in [0.29, 0.717) is 16.1 Å². The van der Waals surface area contributed by atoms with E-state index in [0.717, 1.165) is 0 Å². The van der Waals surface area contributed by atoms with Gasteiger partial charge in [-0.3, -0.25) is 0 Å². The second-order valence-electron chi connectivity index (χ2n) is 5.02. The highest BCUT2D eigenvalue weighted by Gasteiger charge is 2.18. The first kappa shape index (κ1) is 19.3. The fraction of sp³-hybridized carbons (Fsp3) is 0.118. The van der Waals surface area contributed by atoms with Crippen molar-refractivity contribution >= 4 is 39.0 Å². The molecule has 0 fully saturated rings. The van der Waals surface area contributed by atoms with E-state index < -0.39 is 21.6 Å². The molecule has 2 rings (SSSR count). The van der Waals surface area contributed by atoms with Gasteiger partial charge in [-0.25, -0.2) is 13.2 Å². The van der Waals surface area contributed by atoms with Gasteiger partial charge in [0.2, 0.25) is 5.76 Å². The van der Waals surface area contributed by atoms with Crippen LogP contribution in [0.1, 0.15) is 6.92 Å². The minimum Gasteiger partial charge on any atom is -0.475 e. The highest BCUT2D eigenvalue weighted by Crippen LogP contribution is 2.38. The average Bonchev–Trinajstić information content (AvgIpc) is 2.56. The lowest BCUT2D eigenvalue weighted by Crippen LogP contribution is -2.07. The Morgan fingerprint density at radius 2 is 1.84 bits per heavy atom. The third kappa shape index (κ3) is 4.34. The summed E-state index contributed by atoms with van der Waals surface area (Å²) < 4.78 is 29.2. The summed E-state index contributed by atoms with van der Waals surface area (Å²) in [5.74, 6) is -1.64. The van der Waals surface area contributed by atoms with Crippen LogP contribution in [0.5, 0.6) is 5.75 Å². The number of ether oxygens (including phenoxy) is 1. The minimum absolute atomic E-state index is 0.0490. The summed E-state index contributed by atoms with van der Waals surface area (Å²) in [7, 11) is -3.40. The first-order chi connectivity index (χ1) is 11.7. The zero-order valence-corrected chi connectivity index (χ0v) is 15.5. The van der Waals surface area contributed by atoms with Crippen LogP contribution in [-0.4, -0.2) is 25.2 Å². The van der Waals surface area contributed by atoms with E-state index in [-0.39, 0.29) is 21.4 Å². The van der Waals surface area contributed by atoms with Gasteiger partial charge in [0, 0.05) is 21.2 Å². The maximum Gasteiger partial charge on any atom is 0.371 e. The van der Waals surface area contributed by atoms with Crippen molar-refractivity contribution in [3.63, 3.8) is 0 Å². The van der Waals surface area contributed by atoms with Gasteiger partial charge < -0.3 is 9.84 Å². The Labute approximate surface area is 155 Å². The lowest BCUT2D eigenvalue weighted by molar-refractivity contribution is -0.135. The number of sulfone groups is 1. The first-order valence-electron chi connectivity index (χ1n) is 7.08. The number of halogens is 2. The van der Waals surface area contributed by atoms with Crippen LogP contribution >= 0.6 is 23.2 Å². The van der Waals surface area contributed by atoms with E-state index in [2.05, 4.69) is 6.58 Å². The molecule has 2 aromatic carbocycles. The van der Waals surface area contributed by atoms with E-state index in [1.807, 2.05) is 0 Å². The summed E-state index contributed by atoms with van der Waals surface area (Å²) in [5, 5.41) is 9.47. The van der Waals surface area contributed by atoms with Crippen molar-refractivity contribution < 1.29 is 23.1 Å². The Hall–Kier alpha value is -2.02. The number of carboxylic acids is 1. The minimum atomic E-state index is -3.40. The number of carboxylic acid groups (broad SMARTS) is 1. The molecule has 5 nitrogen and oxygen atoms in total. The van der Waals surface area contributed by atoms with E-state index in [1.54, 1.807) is 6.07 Å². The standard InChI is InChI=1S/C17H14Cl2O5S/c1-3-25(22,23)12-5-6-13(15(19)9-12)14-8-11(18)4-7-16(14)24-10(2)17(20)21/h4-9H,2-3H2,1H3,(H,20,21). The van der Waals surface area contributed by atoms with Crippen LogP contribution in [0.25, 0.3) is 11.1 Å². The van der Waals surface area contributed by atoms with Gasteiger partial charge in [-0.05, 0) is 36.9 Å². The molecule has 0 aliphatic heterocycles. The van der Waals surface area contributed by atoms with Gasteiger partial charge in [0.05, 0.1) is 10.6 Å². The molecule has 0 spiro atoms. The number of rotatable bonds is 6. The molecule has 0 unspecified atom stereocenters. The number of benzene rings is 2. The van der Waals surface area contributed by atoms with E-state index >= 15 is 0 Å². The van der Waals surface area contributed by atoms with Crippen molar-refractivity contribution in [1.82, 2.24) is 0 Å². The molecule has 8 heteroatoms. The number of carbonyl (C=O) groups is 1. The highest BCUT2D eigenvalue weighted by atomic mass is 35.5. The van der Waals surface area contributed by atoms with E-state index in [4.69, 9.17) is 33.0 Å². The first-order valence-corrected chi connectivity index (χ1v) is 9.48. The van der Waals surface area contributed by atoms with Crippen LogP contribution in [0, 0.1) is 0 Å². The zero-order valence-electron chi connectivity index (χ0n) is 13.1. The Bertz CT molecular complexity index is 952. The molecule has 0 aliphatic carbocycles. The molecule has 0 atom stereocenters. The Morgan fingerprint density at radius 1 is 1.16 bits per heavy atom. The Morgan fingerprint density at radius 3 is 2.40 bits per heavy atom. The normalized spacial score (nSPS) is 11.2. The van der Waals surface area contributed by atoms with Crippen LogP contribution in [-0.2, 0) is 14.6 Å². The van der Waals surface area contributed by atoms with Crippen LogP contribution in [0.4, 0.5) is 0 Å². The molecule has 25 heavy (non-hydrogen) atoms. The van der Waals surface area contributed by atoms with Crippen LogP contribution in [0.15, 0.2) is 53.6 Å². The lowest BCUT2D eigenvalue weighted by atomic mass is 10.0. The summed E-state index contributed by atoms with van der Waals surface area (Å²) in [5.41, 5.74) is 0.868. The van der Waals surface area contributed by atoms with Crippen molar-refractivity contribution in [3.05, 3.63) is 58.8 Å². The van der Waals surface area contributed by atoms with Crippen LogP contribution in [0.3, 0.4) is 0 Å². The van der Waals surface area contributed by atoms with Crippen molar-refractivity contribution in [2.75, 3.05) is 5.75 Å². The largest absolute Gasteiger partial charge is 0.475 e. The lowest BCUT2D eigenvalue weighted by Gasteiger charge is -2.13. The van der Waals surface area contributed by atoms with Gasteiger partial charge in [0.1, 0.15) is 5.75 Å². The molecular weight excluding hydrogens is 387 g/mol. The SMILES string of the molecule is C=C(Oc1ccc(Cl)cc1-c1ccc(S(=O)(=O)CC)cc1Cl)C(=O)O. The van der Waals surface area contributed by atoms with Crippen LogP contribution in [0.2, 0.25) is 10.0 Å². The average molecular weight is 401 g/mol. The topological polar surface area (TPSA) is 80.7 Å². The molecule has 0 saturated carbocycles. The van der Waals surface area contributed by atoms with Gasteiger partial charge >= 0.3 is 5.97 Å². The molecule has 0 aromatic heterocycles. The molecule has 0 radical (unpaired) electrons. The molecular formula is C17H14Cl2O5S. The summed E-state index contributed by atoms with van der Waals surface area (Å²) in [6.07, 6.45) is 0. The third-order valence-corrected chi connectivity index (χ3v) is 5.66. The highest BCUT2D eigenvalue weighted by molar-refractivity contribution is 7.91. The molecule has 0 bridgehead atoms. The van der Waals surface area contributed by atoms with Crippen molar-refractivity contribution in [3.8, 4) is 16.9 Å². The fourth-order valence-electron chi connectivity index (χ4n) is 2.05. The van der Waals surface area contributed by atoms with Crippen molar-refractivity contribution in [2.24, 2.45) is 0 Å². The Balaban J connectivity index is 2.56. The molecule has 0 amide bonds. The molecule has 132 valence electrons. The predicted molar refractivity (Wildman–Crippen MR) is 97.0 cm³/mol. The summed E-state index contributed by atoms with van der Waals surface area (Å²) in [6.45, 7) is 4.86. The summed E-state index contributed by atoms with van der Waals surface area (Å²) >= 11 is 12.3. The number of aliphatic carboxylic acids is 1. The zero-order chi connectivity index (χ0) is 18.8. The van der Waals surface area contributed by atoms with Gasteiger partial charge in [-0.15, -0.1) is 0 Å². The van der Waals surface area contributed by atoms with E-state index in [1.165, 1.54) is 37.3 Å². The van der Waals surface area contributed by atoms with Gasteiger partial charge in [-0.2, -0.15) is 0 Å². The number of hydrogen-bond acceptors (Lipinski definition) is 4. The monoisotopic (exact) mass is 400 g/mol. The number of hydrogen-bond donors (Lipinski definition) is 1. The van der Waals surface area contributed by atoms with Crippen LogP contribution < -0.4 is 4.74 Å². The third-order valence-electron chi connectivity index (χ3n) is 3.38. The van der Waals surface area contributed by atoms with Crippen molar-refractivity contribution in [2.45, 2.75) is 11.8 Å². The maximum absolute atomic E-state index is 12.0. The summed E-state index contributed by atoms with van der Waals surface area (Å²) in [4.78, 5) is 11.0. The predicted octanol–water partition coefficient (Wildman–Crippen LogP) is 4.43. The van der Waals surface area contributed by atoms with Gasteiger partial charge in [0.15, 0.2) is 9.84 Å². The van der Waals surface area contributed by atoms with Gasteiger partial charge in [-0.1, -0.05) is 36.2 Å². The molecule has 0 aliphatic rings. The molecule has 2 aromatic rings.